The maximum absolute atomic E-state index is 11.4. The average molecular weight is 819 g/mol. The number of ether oxygens (including phenoxy) is 3. The van der Waals surface area contributed by atoms with Gasteiger partial charge in [0.1, 0.15) is 23.0 Å². The summed E-state index contributed by atoms with van der Waals surface area (Å²) in [5.74, 6) is 4.41. The first-order valence-electron chi connectivity index (χ1n) is 23.0. The minimum absolute atomic E-state index is 0.00268. The van der Waals surface area contributed by atoms with Crippen molar-refractivity contribution < 1.29 is 24.4 Å². The molecule has 1 aromatic heterocycles. The zero-order valence-electron chi connectivity index (χ0n) is 37.7. The van der Waals surface area contributed by atoms with E-state index in [0.29, 0.717) is 65.8 Å². The molecule has 0 bridgehead atoms. The molecule has 1 heterocycles. The average Bonchev–Trinajstić information content (AvgIpc) is 3.74. The smallest absolute Gasteiger partial charge is 0.231 e. The molecular formula is C50H71BN4O5. The van der Waals surface area contributed by atoms with Crippen LogP contribution in [0.15, 0.2) is 60.7 Å². The van der Waals surface area contributed by atoms with E-state index in [-0.39, 0.29) is 28.5 Å². The summed E-state index contributed by atoms with van der Waals surface area (Å²) in [6.07, 6.45) is 13.8. The van der Waals surface area contributed by atoms with Gasteiger partial charge in [-0.15, -0.1) is 0 Å². The predicted octanol–water partition coefficient (Wildman–Crippen LogP) is 12.1. The van der Waals surface area contributed by atoms with Crippen LogP contribution in [-0.4, -0.2) is 58.8 Å². The third kappa shape index (κ3) is 10.2. The molecule has 5 atom stereocenters. The lowest BCUT2D eigenvalue weighted by molar-refractivity contribution is 0.214. The minimum Gasteiger partial charge on any atom is -0.507 e. The van der Waals surface area contributed by atoms with Crippen LogP contribution in [0.5, 0.6) is 23.0 Å². The lowest BCUT2D eigenvalue weighted by Crippen LogP contribution is -2.41. The predicted molar refractivity (Wildman–Crippen MR) is 246 cm³/mol. The van der Waals surface area contributed by atoms with E-state index in [9.17, 15) is 10.2 Å². The van der Waals surface area contributed by atoms with Gasteiger partial charge in [-0.1, -0.05) is 117 Å². The quantitative estimate of drug-likeness (QED) is 0.0629. The van der Waals surface area contributed by atoms with Crippen molar-refractivity contribution in [3.8, 4) is 45.8 Å². The van der Waals surface area contributed by atoms with Gasteiger partial charge < -0.3 is 29.7 Å². The van der Waals surface area contributed by atoms with Crippen LogP contribution in [0, 0.1) is 29.1 Å². The Morgan fingerprint density at radius 2 is 1.32 bits per heavy atom. The number of benzene rings is 3. The second-order valence-electron chi connectivity index (χ2n) is 18.4. The fraction of sp³-hybridized carbons (Fsp3) is 0.580. The number of methoxy groups -OCH3 is 1. The van der Waals surface area contributed by atoms with Crippen molar-refractivity contribution in [2.24, 2.45) is 29.1 Å². The Hall–Kier alpha value is -4.31. The molecule has 4 aromatic rings. The number of aromatic nitrogens is 3. The van der Waals surface area contributed by atoms with Crippen molar-refractivity contribution in [1.29, 1.82) is 0 Å². The van der Waals surface area contributed by atoms with Crippen molar-refractivity contribution in [3.63, 3.8) is 0 Å². The monoisotopic (exact) mass is 819 g/mol. The van der Waals surface area contributed by atoms with Gasteiger partial charge in [-0.05, 0) is 96.4 Å². The molecule has 5 unspecified atom stereocenters. The van der Waals surface area contributed by atoms with Crippen molar-refractivity contribution in [3.05, 3.63) is 60.7 Å². The van der Waals surface area contributed by atoms with Crippen LogP contribution in [-0.2, 0) is 4.74 Å². The van der Waals surface area contributed by atoms with Crippen LogP contribution in [0.4, 0.5) is 11.6 Å². The van der Waals surface area contributed by atoms with Gasteiger partial charge in [0.2, 0.25) is 5.95 Å². The Morgan fingerprint density at radius 3 is 1.80 bits per heavy atom. The zero-order chi connectivity index (χ0) is 42.9. The number of hydrogen-bond acceptors (Lipinski definition) is 9. The molecule has 2 fully saturated rings. The first-order valence-corrected chi connectivity index (χ1v) is 23.0. The van der Waals surface area contributed by atoms with Gasteiger partial charge in [-0.25, -0.2) is 4.98 Å². The molecule has 0 amide bonds. The van der Waals surface area contributed by atoms with E-state index in [0.717, 1.165) is 69.0 Å². The molecule has 324 valence electrons. The minimum atomic E-state index is 0.00268. The Bertz CT molecular complexity index is 1900. The molecule has 2 aliphatic carbocycles. The SMILES string of the molecule is CCCCC(CC)COc1ccc(-c2nc(Nc3ccc(B(CCOC)C45CC(C)CCC4C5(C)C)cc3)nc(-c3ccc(OCC(CC)CCCC)cc3O)n2)c(O)c1. The Balaban J connectivity index is 1.29. The molecule has 2 aliphatic rings. The normalized spacial score (nSPS) is 20.2. The maximum Gasteiger partial charge on any atom is 0.231 e. The third-order valence-corrected chi connectivity index (χ3v) is 14.2. The van der Waals surface area contributed by atoms with Gasteiger partial charge in [0, 0.05) is 31.5 Å². The highest BCUT2D eigenvalue weighted by Gasteiger charge is 2.74. The topological polar surface area (TPSA) is 119 Å². The molecule has 9 nitrogen and oxygen atoms in total. The number of anilines is 2. The van der Waals surface area contributed by atoms with Crippen molar-refractivity contribution in [1.82, 2.24) is 15.0 Å². The first-order chi connectivity index (χ1) is 29.0. The molecule has 0 spiro atoms. The molecule has 0 saturated heterocycles. The number of hydrogen-bond donors (Lipinski definition) is 3. The zero-order valence-corrected chi connectivity index (χ0v) is 37.7. The van der Waals surface area contributed by atoms with Gasteiger partial charge in [0.05, 0.1) is 24.3 Å². The Labute approximate surface area is 360 Å². The second kappa shape index (κ2) is 20.5. The number of nitrogens with one attached hydrogen (secondary N) is 1. The highest BCUT2D eigenvalue weighted by atomic mass is 16.5. The molecule has 2 saturated carbocycles. The molecule has 60 heavy (non-hydrogen) atoms. The van der Waals surface area contributed by atoms with E-state index >= 15 is 0 Å². The molecule has 0 aliphatic heterocycles. The first kappa shape index (κ1) is 45.2. The van der Waals surface area contributed by atoms with Crippen LogP contribution in [0.25, 0.3) is 22.8 Å². The highest BCUT2D eigenvalue weighted by molar-refractivity contribution is 6.77. The van der Waals surface area contributed by atoms with Crippen LogP contribution in [0.1, 0.15) is 119 Å². The Kier molecular flexibility index (Phi) is 15.5. The fourth-order valence-electron chi connectivity index (χ4n) is 10.4. The van der Waals surface area contributed by atoms with E-state index in [4.69, 9.17) is 29.2 Å². The summed E-state index contributed by atoms with van der Waals surface area (Å²) >= 11 is 0. The maximum atomic E-state index is 11.4. The van der Waals surface area contributed by atoms with Crippen molar-refractivity contribution >= 4 is 23.8 Å². The van der Waals surface area contributed by atoms with Crippen LogP contribution in [0.2, 0.25) is 11.6 Å². The van der Waals surface area contributed by atoms with Crippen LogP contribution < -0.4 is 20.3 Å². The lowest BCUT2D eigenvalue weighted by atomic mass is 9.30. The lowest BCUT2D eigenvalue weighted by Gasteiger charge is -2.34. The van der Waals surface area contributed by atoms with E-state index in [2.05, 4.69) is 78.0 Å². The fourth-order valence-corrected chi connectivity index (χ4v) is 10.4. The summed E-state index contributed by atoms with van der Waals surface area (Å²) in [6, 6.07) is 19.2. The summed E-state index contributed by atoms with van der Waals surface area (Å²) in [5, 5.41) is 26.5. The van der Waals surface area contributed by atoms with Crippen molar-refractivity contribution in [2.45, 2.75) is 131 Å². The molecular weight excluding hydrogens is 747 g/mol. The molecule has 3 N–H and O–H groups in total. The van der Waals surface area contributed by atoms with Crippen LogP contribution >= 0.6 is 0 Å². The van der Waals surface area contributed by atoms with Crippen LogP contribution in [0.3, 0.4) is 0 Å². The number of phenolic OH excluding ortho intramolecular Hbond substituents is 2. The summed E-state index contributed by atoms with van der Waals surface area (Å²) < 4.78 is 18.0. The largest absolute Gasteiger partial charge is 0.507 e. The van der Waals surface area contributed by atoms with Gasteiger partial charge in [-0.2, -0.15) is 9.97 Å². The van der Waals surface area contributed by atoms with Gasteiger partial charge >= 0.3 is 0 Å². The van der Waals surface area contributed by atoms with E-state index < -0.39 is 0 Å². The summed E-state index contributed by atoms with van der Waals surface area (Å²) in [6.45, 7) is 18.5. The molecule has 0 radical (unpaired) electrons. The Morgan fingerprint density at radius 1 is 0.767 bits per heavy atom. The van der Waals surface area contributed by atoms with E-state index in [1.165, 1.54) is 37.6 Å². The molecule has 6 rings (SSSR count). The van der Waals surface area contributed by atoms with Crippen molar-refractivity contribution in [2.75, 3.05) is 32.2 Å². The molecule has 3 aromatic carbocycles. The van der Waals surface area contributed by atoms with E-state index in [1.807, 2.05) is 12.1 Å². The summed E-state index contributed by atoms with van der Waals surface area (Å²) in [4.78, 5) is 14.5. The number of phenols is 2. The third-order valence-electron chi connectivity index (χ3n) is 14.2. The van der Waals surface area contributed by atoms with Gasteiger partial charge in [-0.3, -0.25) is 0 Å². The van der Waals surface area contributed by atoms with E-state index in [1.54, 1.807) is 31.4 Å². The number of nitrogens with zero attached hydrogens (tertiary/aromatic N) is 3. The second-order valence-corrected chi connectivity index (χ2v) is 18.4. The number of fused-ring (bicyclic) bond motifs is 1. The standard InChI is InChI=1S/C50H71BN4O5/c1-9-13-15-35(11-3)32-59-39-22-24-41(43(56)29-39)46-53-47(42-25-23-40(30-44(42)57)60-33-36(12-4)16-14-10-2)55-48(54-46)52-38-20-18-37(19-21-38)51(27-28-58-8)50-31-34(5)17-26-45(50)49(50,6)7/h18-25,29-30,34-36,45,56-57H,9-17,26-28,31-33H2,1-8H3,(H,52,53,54,55). The number of rotatable bonds is 23. The molecule has 10 heteroatoms. The summed E-state index contributed by atoms with van der Waals surface area (Å²) in [7, 11) is 1.80. The van der Waals surface area contributed by atoms with Gasteiger partial charge in [0.25, 0.3) is 0 Å². The number of aromatic hydroxyl groups is 2. The number of unbranched alkanes of at least 4 members (excludes halogenated alkanes) is 2. The van der Waals surface area contributed by atoms with Gasteiger partial charge in [0.15, 0.2) is 18.4 Å². The highest BCUT2D eigenvalue weighted by Crippen LogP contribution is 2.82. The summed E-state index contributed by atoms with van der Waals surface area (Å²) in [5.41, 5.74) is 3.34.